The molecule has 4 N–H and O–H groups in total. The molecule has 0 aliphatic heterocycles. The number of ketones is 2. The monoisotopic (exact) mass is 284 g/mol. The van der Waals surface area contributed by atoms with Crippen molar-refractivity contribution in [3.05, 3.63) is 0 Å². The summed E-state index contributed by atoms with van der Waals surface area (Å²) in [6, 6.07) is 0. The maximum atomic E-state index is 11.1. The lowest BCUT2D eigenvalue weighted by molar-refractivity contribution is -0.151. The molecule has 0 saturated heterocycles. The summed E-state index contributed by atoms with van der Waals surface area (Å²) in [4.78, 5) is 21.9. The SMILES string of the molecule is CC(O)C(O)C(O)C(O)C(=O)C(=O)CBr. The minimum absolute atomic E-state index is 0.277. The normalized spacial score (nSPS) is 19.1. The summed E-state index contributed by atoms with van der Waals surface area (Å²) in [5.74, 6) is -2.13. The highest BCUT2D eigenvalue weighted by atomic mass is 79.9. The number of rotatable bonds is 6. The van der Waals surface area contributed by atoms with Gasteiger partial charge in [0.25, 0.3) is 0 Å². The number of Topliss-reactive ketones (excluding diaryl/α,β-unsaturated/α-hetero) is 2. The van der Waals surface area contributed by atoms with Crippen molar-refractivity contribution in [1.29, 1.82) is 0 Å². The molecule has 0 saturated carbocycles. The van der Waals surface area contributed by atoms with Crippen LogP contribution in [0.15, 0.2) is 0 Å². The molecule has 88 valence electrons. The number of carbonyl (C=O) groups excluding carboxylic acids is 2. The molecule has 4 atom stereocenters. The van der Waals surface area contributed by atoms with Gasteiger partial charge in [-0.2, -0.15) is 0 Å². The van der Waals surface area contributed by atoms with E-state index < -0.39 is 36.0 Å². The van der Waals surface area contributed by atoms with Crippen molar-refractivity contribution in [1.82, 2.24) is 0 Å². The highest BCUT2D eigenvalue weighted by Crippen LogP contribution is 2.06. The average molecular weight is 285 g/mol. The fraction of sp³-hybridized carbons (Fsp3) is 0.750. The third-order valence-electron chi connectivity index (χ3n) is 1.83. The van der Waals surface area contributed by atoms with E-state index in [4.69, 9.17) is 10.2 Å². The molecule has 0 aromatic heterocycles. The summed E-state index contributed by atoms with van der Waals surface area (Å²) >= 11 is 2.72. The van der Waals surface area contributed by atoms with Crippen molar-refractivity contribution >= 4 is 27.5 Å². The summed E-state index contributed by atoms with van der Waals surface area (Å²) in [5.41, 5.74) is 0. The van der Waals surface area contributed by atoms with Crippen LogP contribution in [0.2, 0.25) is 0 Å². The zero-order valence-electron chi connectivity index (χ0n) is 8.00. The van der Waals surface area contributed by atoms with Crippen molar-refractivity contribution in [2.24, 2.45) is 0 Å². The fourth-order valence-electron chi connectivity index (χ4n) is 0.858. The van der Waals surface area contributed by atoms with Crippen LogP contribution in [0.1, 0.15) is 6.92 Å². The van der Waals surface area contributed by atoms with Crippen molar-refractivity contribution in [3.63, 3.8) is 0 Å². The predicted octanol–water partition coefficient (Wildman–Crippen LogP) is -2.02. The fourth-order valence-corrected chi connectivity index (χ4v) is 1.13. The van der Waals surface area contributed by atoms with E-state index in [-0.39, 0.29) is 5.33 Å². The van der Waals surface area contributed by atoms with Crippen molar-refractivity contribution in [2.45, 2.75) is 31.3 Å². The van der Waals surface area contributed by atoms with Gasteiger partial charge in [-0.25, -0.2) is 0 Å². The molecule has 6 nitrogen and oxygen atoms in total. The number of hydrogen-bond acceptors (Lipinski definition) is 6. The Bertz CT molecular complexity index is 241. The largest absolute Gasteiger partial charge is 0.391 e. The van der Waals surface area contributed by atoms with Gasteiger partial charge in [0, 0.05) is 0 Å². The molecule has 15 heavy (non-hydrogen) atoms. The van der Waals surface area contributed by atoms with E-state index in [1.807, 2.05) is 0 Å². The van der Waals surface area contributed by atoms with Crippen LogP contribution < -0.4 is 0 Å². The molecular weight excluding hydrogens is 272 g/mol. The van der Waals surface area contributed by atoms with Crippen LogP contribution in [0.4, 0.5) is 0 Å². The van der Waals surface area contributed by atoms with E-state index in [0.717, 1.165) is 0 Å². The molecule has 0 spiro atoms. The second kappa shape index (κ2) is 6.29. The standard InChI is InChI=1S/C8H13BrO6/c1-3(10)5(12)7(14)8(15)6(13)4(11)2-9/h3,5,7-8,10,12,14-15H,2H2,1H3. The first-order valence-corrected chi connectivity index (χ1v) is 5.30. The quantitative estimate of drug-likeness (QED) is 0.331. The Hall–Kier alpha value is -0.340. The molecule has 0 aromatic rings. The Labute approximate surface area is 94.7 Å². The van der Waals surface area contributed by atoms with Gasteiger partial charge in [-0.15, -0.1) is 0 Å². The van der Waals surface area contributed by atoms with Crippen LogP contribution in [-0.4, -0.2) is 61.7 Å². The van der Waals surface area contributed by atoms with E-state index in [2.05, 4.69) is 15.9 Å². The van der Waals surface area contributed by atoms with Gasteiger partial charge in [0.15, 0.2) is 0 Å². The Kier molecular flexibility index (Phi) is 6.15. The molecule has 0 radical (unpaired) electrons. The predicted molar refractivity (Wildman–Crippen MR) is 53.5 cm³/mol. The van der Waals surface area contributed by atoms with Crippen LogP contribution in [-0.2, 0) is 9.59 Å². The van der Waals surface area contributed by atoms with E-state index in [0.29, 0.717) is 0 Å². The Morgan fingerprint density at radius 2 is 1.60 bits per heavy atom. The number of halogens is 1. The Morgan fingerprint density at radius 3 is 1.93 bits per heavy atom. The first-order valence-electron chi connectivity index (χ1n) is 4.18. The molecule has 0 amide bonds. The lowest BCUT2D eigenvalue weighted by Gasteiger charge is -2.23. The molecule has 0 heterocycles. The van der Waals surface area contributed by atoms with E-state index in [9.17, 15) is 19.8 Å². The summed E-state index contributed by atoms with van der Waals surface area (Å²) < 4.78 is 0. The Balaban J connectivity index is 4.50. The molecule has 4 unspecified atom stereocenters. The van der Waals surface area contributed by atoms with Gasteiger partial charge in [0.1, 0.15) is 18.3 Å². The minimum atomic E-state index is -2.03. The van der Waals surface area contributed by atoms with Gasteiger partial charge in [-0.1, -0.05) is 15.9 Å². The molecule has 0 aliphatic carbocycles. The van der Waals surface area contributed by atoms with E-state index in [1.54, 1.807) is 0 Å². The molecule has 0 bridgehead atoms. The minimum Gasteiger partial charge on any atom is -0.391 e. The molecule has 7 heteroatoms. The van der Waals surface area contributed by atoms with Gasteiger partial charge >= 0.3 is 0 Å². The topological polar surface area (TPSA) is 115 Å². The second-order valence-electron chi connectivity index (χ2n) is 3.09. The lowest BCUT2D eigenvalue weighted by Crippen LogP contribution is -2.48. The van der Waals surface area contributed by atoms with Gasteiger partial charge in [0.05, 0.1) is 11.4 Å². The summed E-state index contributed by atoms with van der Waals surface area (Å²) in [7, 11) is 0. The van der Waals surface area contributed by atoms with Gasteiger partial charge < -0.3 is 20.4 Å². The van der Waals surface area contributed by atoms with Crippen LogP contribution in [0.5, 0.6) is 0 Å². The number of alkyl halides is 1. The average Bonchev–Trinajstić information content (AvgIpc) is 2.23. The highest BCUT2D eigenvalue weighted by molar-refractivity contribution is 9.09. The summed E-state index contributed by atoms with van der Waals surface area (Å²) in [5, 5.41) is 36.2. The van der Waals surface area contributed by atoms with Crippen LogP contribution in [0.3, 0.4) is 0 Å². The van der Waals surface area contributed by atoms with E-state index >= 15 is 0 Å². The summed E-state index contributed by atoms with van der Waals surface area (Å²) in [6.07, 6.45) is -6.92. The van der Waals surface area contributed by atoms with E-state index in [1.165, 1.54) is 6.92 Å². The first kappa shape index (κ1) is 14.7. The van der Waals surface area contributed by atoms with Crippen molar-refractivity contribution < 1.29 is 30.0 Å². The lowest BCUT2D eigenvalue weighted by atomic mass is 9.99. The number of hydrogen-bond donors (Lipinski definition) is 4. The molecule has 0 fully saturated rings. The number of aliphatic hydroxyl groups excluding tert-OH is 4. The zero-order chi connectivity index (χ0) is 12.2. The zero-order valence-corrected chi connectivity index (χ0v) is 9.59. The maximum absolute atomic E-state index is 11.1. The third-order valence-corrected chi connectivity index (χ3v) is 2.34. The third kappa shape index (κ3) is 3.96. The van der Waals surface area contributed by atoms with Crippen LogP contribution >= 0.6 is 15.9 Å². The van der Waals surface area contributed by atoms with Gasteiger partial charge in [-0.05, 0) is 6.92 Å². The van der Waals surface area contributed by atoms with Crippen LogP contribution in [0, 0.1) is 0 Å². The molecule has 0 rings (SSSR count). The maximum Gasteiger partial charge on any atom is 0.230 e. The number of aliphatic hydroxyl groups is 4. The van der Waals surface area contributed by atoms with Crippen LogP contribution in [0.25, 0.3) is 0 Å². The van der Waals surface area contributed by atoms with Gasteiger partial charge in [0.2, 0.25) is 11.6 Å². The summed E-state index contributed by atoms with van der Waals surface area (Å²) in [6.45, 7) is 1.18. The molecule has 0 aliphatic rings. The smallest absolute Gasteiger partial charge is 0.230 e. The Morgan fingerprint density at radius 1 is 1.13 bits per heavy atom. The molecule has 0 aromatic carbocycles. The first-order chi connectivity index (χ1) is 6.82. The van der Waals surface area contributed by atoms with Crippen molar-refractivity contribution in [2.75, 3.05) is 5.33 Å². The highest BCUT2D eigenvalue weighted by Gasteiger charge is 2.35. The van der Waals surface area contributed by atoms with Gasteiger partial charge in [-0.3, -0.25) is 9.59 Å². The molecular formula is C8H13BrO6. The number of carbonyl (C=O) groups is 2. The van der Waals surface area contributed by atoms with Crippen molar-refractivity contribution in [3.8, 4) is 0 Å². The second-order valence-corrected chi connectivity index (χ2v) is 3.65.